The number of aromatic nitrogens is 3. The number of nitrogen functional groups attached to an aromatic ring is 1. The molecule has 0 fully saturated rings. The van der Waals surface area contributed by atoms with E-state index in [-0.39, 0.29) is 12.4 Å². The first-order valence-electron chi connectivity index (χ1n) is 3.43. The lowest BCUT2D eigenvalue weighted by atomic mass is 10.3. The van der Waals surface area contributed by atoms with E-state index in [1.807, 2.05) is 0 Å². The number of hydrogen-bond acceptors (Lipinski definition) is 6. The Morgan fingerprint density at radius 3 is 2.79 bits per heavy atom. The first-order chi connectivity index (χ1) is 6.18. The molecular formula is C6H7ClN4O2S. The molecule has 2 heterocycles. The number of nitrogens with zero attached hydrogens (tertiary/aromatic N) is 3. The number of halogens is 1. The number of rotatable bonds is 1. The maximum absolute atomic E-state index is 11.1. The fourth-order valence-electron chi connectivity index (χ4n) is 0.981. The largest absolute Gasteiger partial charge is 0.539 e. The summed E-state index contributed by atoms with van der Waals surface area (Å²) in [6.07, 6.45) is 0. The lowest BCUT2D eigenvalue weighted by Crippen LogP contribution is -2.32. The summed E-state index contributed by atoms with van der Waals surface area (Å²) in [5.74, 6) is -0.507. The molecule has 0 spiro atoms. The van der Waals surface area contributed by atoms with Crippen LogP contribution >= 0.6 is 23.7 Å². The standard InChI is InChI=1S/C6H6N4O2S.ClH/c1-10-4(5(11)12-9-10)3-2-13-6(7)8-3;/h2H,1H3,(H2-,7,8,9,11);1H. The molecule has 2 rings (SSSR count). The highest BCUT2D eigenvalue weighted by Gasteiger charge is 2.18. The fraction of sp³-hybridized carbons (Fsp3) is 0.167. The van der Waals surface area contributed by atoms with Crippen LogP contribution in [-0.4, -0.2) is 10.3 Å². The van der Waals surface area contributed by atoms with Crippen molar-refractivity contribution in [3.8, 4) is 17.3 Å². The second-order valence-corrected chi connectivity index (χ2v) is 3.29. The topological polar surface area (TPSA) is 91.9 Å². The van der Waals surface area contributed by atoms with E-state index >= 15 is 0 Å². The van der Waals surface area contributed by atoms with Crippen LogP contribution in [-0.2, 0) is 7.05 Å². The van der Waals surface area contributed by atoms with Crippen molar-refractivity contribution < 1.29 is 14.3 Å². The van der Waals surface area contributed by atoms with Crippen molar-refractivity contribution in [2.45, 2.75) is 0 Å². The molecule has 6 nitrogen and oxygen atoms in total. The first-order valence-corrected chi connectivity index (χ1v) is 4.31. The molecule has 0 saturated carbocycles. The molecule has 0 atom stereocenters. The van der Waals surface area contributed by atoms with Gasteiger partial charge in [0.2, 0.25) is 0 Å². The minimum Gasteiger partial charge on any atom is -0.539 e. The molecule has 0 aliphatic carbocycles. The van der Waals surface area contributed by atoms with Crippen LogP contribution in [0, 0.1) is 0 Å². The van der Waals surface area contributed by atoms with Gasteiger partial charge in [-0.1, -0.05) is 4.68 Å². The lowest BCUT2D eigenvalue weighted by Gasteiger charge is -1.89. The Morgan fingerprint density at radius 2 is 2.36 bits per heavy atom. The van der Waals surface area contributed by atoms with E-state index < -0.39 is 5.95 Å². The molecule has 0 bridgehead atoms. The third-order valence-electron chi connectivity index (χ3n) is 1.53. The maximum Gasteiger partial charge on any atom is 0.282 e. The molecule has 0 radical (unpaired) electrons. The predicted molar refractivity (Wildman–Crippen MR) is 49.9 cm³/mol. The zero-order valence-corrected chi connectivity index (χ0v) is 8.76. The van der Waals surface area contributed by atoms with Crippen molar-refractivity contribution in [3.05, 3.63) is 5.38 Å². The second kappa shape index (κ2) is 3.81. The van der Waals surface area contributed by atoms with E-state index in [2.05, 4.69) is 14.8 Å². The van der Waals surface area contributed by atoms with Crippen LogP contribution < -0.4 is 15.5 Å². The Bertz CT molecular complexity index is 421. The Labute approximate surface area is 89.4 Å². The average molecular weight is 235 g/mol. The number of thiazole rings is 1. The molecule has 2 aromatic heterocycles. The molecule has 0 aliphatic rings. The number of nitrogens with two attached hydrogens (primary N) is 1. The zero-order chi connectivity index (χ0) is 9.42. The highest BCUT2D eigenvalue weighted by atomic mass is 35.5. The summed E-state index contributed by atoms with van der Waals surface area (Å²) in [7, 11) is 1.61. The average Bonchev–Trinajstić information content (AvgIpc) is 2.60. The van der Waals surface area contributed by atoms with Crippen LogP contribution in [0.2, 0.25) is 0 Å². The van der Waals surface area contributed by atoms with Gasteiger partial charge in [-0.15, -0.1) is 23.7 Å². The molecule has 0 aliphatic heterocycles. The lowest BCUT2D eigenvalue weighted by molar-refractivity contribution is -0.730. The van der Waals surface area contributed by atoms with Crippen LogP contribution in [0.4, 0.5) is 5.13 Å². The highest BCUT2D eigenvalue weighted by Crippen LogP contribution is 2.24. The summed E-state index contributed by atoms with van der Waals surface area (Å²) in [4.78, 5) is 3.95. The first kappa shape index (κ1) is 10.7. The van der Waals surface area contributed by atoms with E-state index in [4.69, 9.17) is 5.73 Å². The minimum atomic E-state index is -0.507. The van der Waals surface area contributed by atoms with E-state index in [1.54, 1.807) is 12.4 Å². The van der Waals surface area contributed by atoms with E-state index in [0.29, 0.717) is 16.5 Å². The second-order valence-electron chi connectivity index (χ2n) is 2.40. The van der Waals surface area contributed by atoms with Crippen LogP contribution in [0.5, 0.6) is 5.95 Å². The summed E-state index contributed by atoms with van der Waals surface area (Å²) in [6.45, 7) is 0. The Kier molecular flexibility index (Phi) is 2.92. The quantitative estimate of drug-likeness (QED) is 0.684. The van der Waals surface area contributed by atoms with Crippen molar-refractivity contribution in [1.82, 2.24) is 10.3 Å². The van der Waals surface area contributed by atoms with Gasteiger partial charge in [0, 0.05) is 5.38 Å². The summed E-state index contributed by atoms with van der Waals surface area (Å²) >= 11 is 1.27. The van der Waals surface area contributed by atoms with Crippen molar-refractivity contribution in [2.75, 3.05) is 5.73 Å². The van der Waals surface area contributed by atoms with Gasteiger partial charge >= 0.3 is 0 Å². The Balaban J connectivity index is 0.000000980. The summed E-state index contributed by atoms with van der Waals surface area (Å²) in [5, 5.41) is 16.7. The fourth-order valence-corrected chi connectivity index (χ4v) is 1.53. The SMILES string of the molecule is C[n+]1noc([O-])c1-c1csc(N)n1.Cl. The van der Waals surface area contributed by atoms with Crippen molar-refractivity contribution >= 4 is 28.9 Å². The molecule has 2 N–H and O–H groups in total. The van der Waals surface area contributed by atoms with Gasteiger partial charge in [0.25, 0.3) is 5.69 Å². The van der Waals surface area contributed by atoms with Gasteiger partial charge in [0.1, 0.15) is 0 Å². The van der Waals surface area contributed by atoms with Gasteiger partial charge in [-0.2, -0.15) is 0 Å². The van der Waals surface area contributed by atoms with E-state index in [1.165, 1.54) is 16.0 Å². The normalized spacial score (nSPS) is 9.79. The molecular weight excluding hydrogens is 228 g/mol. The van der Waals surface area contributed by atoms with Crippen LogP contribution in [0.3, 0.4) is 0 Å². The number of aryl methyl sites for hydroxylation is 1. The van der Waals surface area contributed by atoms with Crippen molar-refractivity contribution in [1.29, 1.82) is 0 Å². The van der Waals surface area contributed by atoms with Gasteiger partial charge in [-0.05, 0) is 0 Å². The summed E-state index contributed by atoms with van der Waals surface area (Å²) < 4.78 is 5.77. The van der Waals surface area contributed by atoms with Crippen molar-refractivity contribution in [2.24, 2.45) is 7.05 Å². The predicted octanol–water partition coefficient (Wildman–Crippen LogP) is -0.300. The zero-order valence-electron chi connectivity index (χ0n) is 7.13. The molecule has 0 aromatic carbocycles. The van der Waals surface area contributed by atoms with Gasteiger partial charge in [0.15, 0.2) is 23.8 Å². The van der Waals surface area contributed by atoms with Gasteiger partial charge in [-0.25, -0.2) is 4.98 Å². The molecule has 2 aromatic rings. The molecule has 8 heteroatoms. The Hall–Kier alpha value is -1.34. The van der Waals surface area contributed by atoms with Crippen LogP contribution in [0.15, 0.2) is 9.90 Å². The third-order valence-corrected chi connectivity index (χ3v) is 2.20. The molecule has 0 amide bonds. The molecule has 76 valence electrons. The highest BCUT2D eigenvalue weighted by molar-refractivity contribution is 7.13. The monoisotopic (exact) mass is 234 g/mol. The third kappa shape index (κ3) is 1.64. The summed E-state index contributed by atoms with van der Waals surface area (Å²) in [6, 6.07) is 0. The van der Waals surface area contributed by atoms with Gasteiger partial charge in [-0.3, -0.25) is 0 Å². The molecule has 0 unspecified atom stereocenters. The van der Waals surface area contributed by atoms with Gasteiger partial charge < -0.3 is 15.4 Å². The minimum absolute atomic E-state index is 0. The number of anilines is 1. The Morgan fingerprint density at radius 1 is 1.64 bits per heavy atom. The van der Waals surface area contributed by atoms with Crippen molar-refractivity contribution in [3.63, 3.8) is 0 Å². The van der Waals surface area contributed by atoms with E-state index in [9.17, 15) is 5.11 Å². The molecule has 0 saturated heterocycles. The molecule has 14 heavy (non-hydrogen) atoms. The maximum atomic E-state index is 11.1. The van der Waals surface area contributed by atoms with Gasteiger partial charge in [0.05, 0.1) is 5.27 Å². The van der Waals surface area contributed by atoms with E-state index in [0.717, 1.165) is 0 Å². The summed E-state index contributed by atoms with van der Waals surface area (Å²) in [5.41, 5.74) is 6.24. The number of hydrogen-bond donors (Lipinski definition) is 1. The van der Waals surface area contributed by atoms with Crippen LogP contribution in [0.25, 0.3) is 11.4 Å². The smallest absolute Gasteiger partial charge is 0.282 e. The van der Waals surface area contributed by atoms with Crippen LogP contribution in [0.1, 0.15) is 0 Å².